The van der Waals surface area contributed by atoms with E-state index in [0.717, 1.165) is 13.0 Å². The molecule has 0 saturated carbocycles. The fourth-order valence-corrected chi connectivity index (χ4v) is 3.35. The summed E-state index contributed by atoms with van der Waals surface area (Å²) in [6.45, 7) is 2.22. The number of nitrogens with one attached hydrogen (secondary N) is 2. The molecule has 26 heavy (non-hydrogen) atoms. The van der Waals surface area contributed by atoms with Gasteiger partial charge in [0.1, 0.15) is 5.82 Å². The minimum Gasteiger partial charge on any atom is -0.343 e. The van der Waals surface area contributed by atoms with E-state index >= 15 is 0 Å². The molecule has 7 nitrogen and oxygen atoms in total. The molecule has 0 radical (unpaired) electrons. The third-order valence-electron chi connectivity index (χ3n) is 4.64. The summed E-state index contributed by atoms with van der Waals surface area (Å²) in [7, 11) is 0. The Bertz CT molecular complexity index is 697. The molecular formula is C18H23FN4O3. The van der Waals surface area contributed by atoms with Gasteiger partial charge in [0.15, 0.2) is 0 Å². The van der Waals surface area contributed by atoms with Crippen molar-refractivity contribution in [2.75, 3.05) is 31.1 Å². The number of carbonyl (C=O) groups is 3. The van der Waals surface area contributed by atoms with Crippen molar-refractivity contribution in [1.29, 1.82) is 0 Å². The highest BCUT2D eigenvalue weighted by Crippen LogP contribution is 2.22. The summed E-state index contributed by atoms with van der Waals surface area (Å²) >= 11 is 0. The average molecular weight is 362 g/mol. The Labute approximate surface area is 151 Å². The van der Waals surface area contributed by atoms with Crippen molar-refractivity contribution in [1.82, 2.24) is 15.5 Å². The first-order chi connectivity index (χ1) is 12.5. The number of hydrogen-bond donors (Lipinski definition) is 2. The Hall–Kier alpha value is -2.64. The monoisotopic (exact) mass is 362 g/mol. The Morgan fingerprint density at radius 2 is 2.12 bits per heavy atom. The van der Waals surface area contributed by atoms with Crippen molar-refractivity contribution in [2.24, 2.45) is 0 Å². The molecule has 2 aliphatic heterocycles. The third kappa shape index (κ3) is 4.50. The van der Waals surface area contributed by atoms with Crippen LogP contribution in [0, 0.1) is 5.82 Å². The van der Waals surface area contributed by atoms with Gasteiger partial charge in [0.2, 0.25) is 11.8 Å². The number of urea groups is 1. The van der Waals surface area contributed by atoms with Gasteiger partial charge in [0.05, 0.1) is 6.04 Å². The van der Waals surface area contributed by atoms with E-state index in [1.807, 2.05) is 4.90 Å². The van der Waals surface area contributed by atoms with E-state index in [4.69, 9.17) is 0 Å². The molecule has 1 aromatic rings. The topological polar surface area (TPSA) is 81.8 Å². The van der Waals surface area contributed by atoms with Crippen molar-refractivity contribution in [2.45, 2.75) is 31.7 Å². The number of nitrogens with zero attached hydrogens (tertiary/aromatic N) is 2. The molecule has 1 aromatic carbocycles. The number of likely N-dealkylation sites (tertiary alicyclic amines) is 1. The summed E-state index contributed by atoms with van der Waals surface area (Å²) in [5.41, 5.74) is 0.495. The van der Waals surface area contributed by atoms with Crippen LogP contribution in [0.25, 0.3) is 0 Å². The first kappa shape index (κ1) is 18.2. The first-order valence-corrected chi connectivity index (χ1v) is 8.91. The second kappa shape index (κ2) is 8.16. The number of amides is 4. The maximum Gasteiger partial charge on any atom is 0.315 e. The molecule has 2 N–H and O–H groups in total. The summed E-state index contributed by atoms with van der Waals surface area (Å²) in [5, 5.41) is 5.52. The number of halogens is 1. The van der Waals surface area contributed by atoms with Crippen LogP contribution < -0.4 is 15.5 Å². The van der Waals surface area contributed by atoms with Crippen LogP contribution in [0.5, 0.6) is 0 Å². The molecule has 1 atom stereocenters. The molecule has 8 heteroatoms. The normalized spacial score (nSPS) is 20.0. The van der Waals surface area contributed by atoms with E-state index in [1.165, 1.54) is 17.0 Å². The van der Waals surface area contributed by atoms with Gasteiger partial charge in [-0.15, -0.1) is 0 Å². The smallest absolute Gasteiger partial charge is 0.315 e. The second-order valence-electron chi connectivity index (χ2n) is 6.62. The maximum atomic E-state index is 13.3. The van der Waals surface area contributed by atoms with E-state index < -0.39 is 5.82 Å². The highest BCUT2D eigenvalue weighted by Gasteiger charge is 2.31. The van der Waals surface area contributed by atoms with Crippen LogP contribution in [-0.4, -0.2) is 55.0 Å². The standard InChI is InChI=1S/C18H23FN4O3/c19-13-4-1-5-15(10-13)23-12-14(11-17(23)25)21-18(26)20-7-3-9-22-8-2-6-16(22)24/h1,4-5,10,14H,2-3,6-9,11-12H2,(H2,20,21,26). The fraction of sp³-hybridized carbons (Fsp3) is 0.500. The number of anilines is 1. The fourth-order valence-electron chi connectivity index (χ4n) is 3.35. The van der Waals surface area contributed by atoms with Gasteiger partial charge in [-0.3, -0.25) is 9.59 Å². The predicted molar refractivity (Wildman–Crippen MR) is 94.1 cm³/mol. The molecular weight excluding hydrogens is 339 g/mol. The van der Waals surface area contributed by atoms with Gasteiger partial charge in [0, 0.05) is 44.7 Å². The summed E-state index contributed by atoms with van der Waals surface area (Å²) in [4.78, 5) is 38.9. The molecule has 4 amide bonds. The molecule has 2 fully saturated rings. The van der Waals surface area contributed by atoms with Gasteiger partial charge in [-0.1, -0.05) is 6.07 Å². The molecule has 0 spiro atoms. The van der Waals surface area contributed by atoms with Crippen LogP contribution in [0.2, 0.25) is 0 Å². The zero-order valence-electron chi connectivity index (χ0n) is 14.5. The van der Waals surface area contributed by atoms with Crippen molar-refractivity contribution >= 4 is 23.5 Å². The molecule has 2 heterocycles. The van der Waals surface area contributed by atoms with Crippen LogP contribution in [0.3, 0.4) is 0 Å². The molecule has 2 saturated heterocycles. The Kier molecular flexibility index (Phi) is 5.70. The second-order valence-corrected chi connectivity index (χ2v) is 6.62. The average Bonchev–Trinajstić information content (AvgIpc) is 3.17. The van der Waals surface area contributed by atoms with Crippen LogP contribution in [0.4, 0.5) is 14.9 Å². The lowest BCUT2D eigenvalue weighted by atomic mass is 10.2. The lowest BCUT2D eigenvalue weighted by molar-refractivity contribution is -0.127. The van der Waals surface area contributed by atoms with Crippen LogP contribution >= 0.6 is 0 Å². The van der Waals surface area contributed by atoms with E-state index in [2.05, 4.69) is 10.6 Å². The minimum atomic E-state index is -0.402. The van der Waals surface area contributed by atoms with Crippen LogP contribution in [0.15, 0.2) is 24.3 Å². The van der Waals surface area contributed by atoms with Crippen LogP contribution in [0.1, 0.15) is 25.7 Å². The SMILES string of the molecule is O=C(NCCCN1CCCC1=O)NC1CC(=O)N(c2cccc(F)c2)C1. The summed E-state index contributed by atoms with van der Waals surface area (Å²) in [6.07, 6.45) is 2.40. The quantitative estimate of drug-likeness (QED) is 0.747. The number of rotatable bonds is 6. The molecule has 0 bridgehead atoms. The highest BCUT2D eigenvalue weighted by molar-refractivity contribution is 5.96. The molecule has 140 valence electrons. The van der Waals surface area contributed by atoms with Crippen molar-refractivity contribution in [3.8, 4) is 0 Å². The van der Waals surface area contributed by atoms with Gasteiger partial charge >= 0.3 is 6.03 Å². The van der Waals surface area contributed by atoms with E-state index in [-0.39, 0.29) is 30.3 Å². The predicted octanol–water partition coefficient (Wildman–Crippen LogP) is 1.24. The number of hydrogen-bond acceptors (Lipinski definition) is 3. The number of carbonyl (C=O) groups excluding carboxylic acids is 3. The maximum absolute atomic E-state index is 13.3. The zero-order chi connectivity index (χ0) is 18.5. The van der Waals surface area contributed by atoms with Crippen molar-refractivity contribution in [3.63, 3.8) is 0 Å². The van der Waals surface area contributed by atoms with Crippen LogP contribution in [-0.2, 0) is 9.59 Å². The Balaban J connectivity index is 1.39. The Morgan fingerprint density at radius 1 is 1.27 bits per heavy atom. The summed E-state index contributed by atoms with van der Waals surface area (Å²) < 4.78 is 13.3. The van der Waals surface area contributed by atoms with Gasteiger partial charge in [-0.05, 0) is 31.0 Å². The zero-order valence-corrected chi connectivity index (χ0v) is 14.5. The minimum absolute atomic E-state index is 0.145. The Morgan fingerprint density at radius 3 is 2.85 bits per heavy atom. The summed E-state index contributed by atoms with van der Waals surface area (Å²) in [6, 6.07) is 5.20. The van der Waals surface area contributed by atoms with Gasteiger partial charge in [-0.2, -0.15) is 0 Å². The molecule has 3 rings (SSSR count). The van der Waals surface area contributed by atoms with Crippen molar-refractivity contribution in [3.05, 3.63) is 30.1 Å². The lowest BCUT2D eigenvalue weighted by Crippen LogP contribution is -2.44. The lowest BCUT2D eigenvalue weighted by Gasteiger charge is -2.18. The van der Waals surface area contributed by atoms with E-state index in [0.29, 0.717) is 38.2 Å². The molecule has 1 unspecified atom stereocenters. The third-order valence-corrected chi connectivity index (χ3v) is 4.64. The van der Waals surface area contributed by atoms with Crippen molar-refractivity contribution < 1.29 is 18.8 Å². The highest BCUT2D eigenvalue weighted by atomic mass is 19.1. The van der Waals surface area contributed by atoms with Gasteiger partial charge in [0.25, 0.3) is 0 Å². The largest absolute Gasteiger partial charge is 0.343 e. The molecule has 0 aromatic heterocycles. The summed E-state index contributed by atoms with van der Waals surface area (Å²) in [5.74, 6) is -0.370. The van der Waals surface area contributed by atoms with Gasteiger partial charge in [-0.25, -0.2) is 9.18 Å². The molecule has 0 aliphatic carbocycles. The van der Waals surface area contributed by atoms with E-state index in [1.54, 1.807) is 12.1 Å². The first-order valence-electron chi connectivity index (χ1n) is 8.91. The molecule has 2 aliphatic rings. The van der Waals surface area contributed by atoms with Gasteiger partial charge < -0.3 is 20.4 Å². The van der Waals surface area contributed by atoms with E-state index in [9.17, 15) is 18.8 Å². The number of benzene rings is 1.